The van der Waals surface area contributed by atoms with E-state index in [-0.39, 0.29) is 12.5 Å². The Hall–Kier alpha value is -2.24. The lowest BCUT2D eigenvalue weighted by atomic mass is 10.1. The summed E-state index contributed by atoms with van der Waals surface area (Å²) in [6.45, 7) is 2.87. The minimum absolute atomic E-state index is 0.166. The second-order valence-electron chi connectivity index (χ2n) is 4.54. The van der Waals surface area contributed by atoms with Crippen molar-refractivity contribution in [1.29, 1.82) is 0 Å². The molecule has 0 aromatic heterocycles. The Morgan fingerprint density at radius 3 is 2.85 bits per heavy atom. The number of nitrogens with zero attached hydrogens (tertiary/aromatic N) is 4. The highest BCUT2D eigenvalue weighted by molar-refractivity contribution is 5.66. The van der Waals surface area contributed by atoms with Gasteiger partial charge in [0.2, 0.25) is 0 Å². The Kier molecular flexibility index (Phi) is 6.95. The molecule has 7 heteroatoms. The fraction of sp³-hybridized carbons (Fsp3) is 0.462. The zero-order valence-electron chi connectivity index (χ0n) is 11.5. The van der Waals surface area contributed by atoms with Gasteiger partial charge in [-0.2, -0.15) is 0 Å². The van der Waals surface area contributed by atoms with Crippen LogP contribution in [0.25, 0.3) is 10.4 Å². The molecule has 0 aliphatic rings. The van der Waals surface area contributed by atoms with Crippen LogP contribution in [-0.4, -0.2) is 24.2 Å². The van der Waals surface area contributed by atoms with Gasteiger partial charge in [-0.05, 0) is 23.4 Å². The molecule has 0 fully saturated rings. The van der Waals surface area contributed by atoms with Crippen LogP contribution in [0.4, 0.5) is 4.79 Å². The predicted molar refractivity (Wildman–Crippen MR) is 75.3 cm³/mol. The molecule has 0 radical (unpaired) electrons. The number of amides is 1. The SMILES string of the molecule is CC(CCN(N)C(=O)OCc1ccccc1)CN=[N+]=[N-]. The van der Waals surface area contributed by atoms with Gasteiger partial charge >= 0.3 is 6.09 Å². The quantitative estimate of drug-likeness (QED) is 0.207. The molecule has 0 heterocycles. The van der Waals surface area contributed by atoms with Crippen molar-refractivity contribution in [2.24, 2.45) is 16.9 Å². The van der Waals surface area contributed by atoms with Crippen molar-refractivity contribution in [3.63, 3.8) is 0 Å². The standard InChI is InChI=1S/C13H19N5O2/c1-11(9-16-17-14)7-8-18(15)13(19)20-10-12-5-3-2-4-6-12/h2-6,11H,7-10,15H2,1H3. The molecule has 0 aliphatic heterocycles. The van der Waals surface area contributed by atoms with E-state index in [9.17, 15) is 4.79 Å². The Bertz CT molecular complexity index is 459. The largest absolute Gasteiger partial charge is 0.444 e. The average molecular weight is 277 g/mol. The second kappa shape index (κ2) is 8.79. The van der Waals surface area contributed by atoms with Gasteiger partial charge in [-0.3, -0.25) is 0 Å². The molecule has 1 rings (SSSR count). The highest BCUT2D eigenvalue weighted by atomic mass is 16.6. The smallest absolute Gasteiger partial charge is 0.424 e. The molecular formula is C13H19N5O2. The first-order valence-electron chi connectivity index (χ1n) is 6.37. The van der Waals surface area contributed by atoms with Crippen LogP contribution in [-0.2, 0) is 11.3 Å². The third-order valence-corrected chi connectivity index (χ3v) is 2.76. The summed E-state index contributed by atoms with van der Waals surface area (Å²) in [7, 11) is 0. The molecular weight excluding hydrogens is 258 g/mol. The van der Waals surface area contributed by atoms with Gasteiger partial charge in [0, 0.05) is 18.0 Å². The maximum absolute atomic E-state index is 11.6. The fourth-order valence-corrected chi connectivity index (χ4v) is 1.52. The van der Waals surface area contributed by atoms with Crippen LogP contribution < -0.4 is 5.84 Å². The highest BCUT2D eigenvalue weighted by Crippen LogP contribution is 2.05. The summed E-state index contributed by atoms with van der Waals surface area (Å²) in [5, 5.41) is 4.51. The molecule has 0 saturated carbocycles. The van der Waals surface area contributed by atoms with Crippen LogP contribution in [0.5, 0.6) is 0 Å². The van der Waals surface area contributed by atoms with Crippen molar-refractivity contribution in [2.45, 2.75) is 20.0 Å². The molecule has 1 aromatic rings. The molecule has 108 valence electrons. The molecule has 0 bridgehead atoms. The number of ether oxygens (including phenoxy) is 1. The van der Waals surface area contributed by atoms with E-state index in [1.807, 2.05) is 37.3 Å². The summed E-state index contributed by atoms with van der Waals surface area (Å²) in [6, 6.07) is 9.39. The number of hydrogen-bond acceptors (Lipinski definition) is 4. The number of hydrogen-bond donors (Lipinski definition) is 1. The van der Waals surface area contributed by atoms with Crippen molar-refractivity contribution >= 4 is 6.09 Å². The van der Waals surface area contributed by atoms with Gasteiger partial charge in [-0.15, -0.1) is 0 Å². The van der Waals surface area contributed by atoms with Crippen LogP contribution in [0.1, 0.15) is 18.9 Å². The molecule has 1 amide bonds. The zero-order valence-corrected chi connectivity index (χ0v) is 11.5. The Morgan fingerprint density at radius 1 is 1.50 bits per heavy atom. The summed E-state index contributed by atoms with van der Waals surface area (Å²) < 4.78 is 5.08. The maximum Gasteiger partial charge on any atom is 0.424 e. The second-order valence-corrected chi connectivity index (χ2v) is 4.54. The monoisotopic (exact) mass is 277 g/mol. The molecule has 0 aliphatic carbocycles. The molecule has 0 saturated heterocycles. The van der Waals surface area contributed by atoms with Crippen molar-refractivity contribution in [2.75, 3.05) is 13.1 Å². The van der Waals surface area contributed by atoms with Crippen LogP contribution in [0.15, 0.2) is 35.4 Å². The third kappa shape index (κ3) is 6.08. The first-order chi connectivity index (χ1) is 9.63. The molecule has 2 N–H and O–H groups in total. The highest BCUT2D eigenvalue weighted by Gasteiger charge is 2.12. The van der Waals surface area contributed by atoms with Gasteiger partial charge < -0.3 is 4.74 Å². The number of benzene rings is 1. The van der Waals surface area contributed by atoms with Gasteiger partial charge in [0.1, 0.15) is 6.61 Å². The molecule has 1 atom stereocenters. The minimum Gasteiger partial charge on any atom is -0.444 e. The summed E-state index contributed by atoms with van der Waals surface area (Å²) in [6.07, 6.45) is 0.0838. The lowest BCUT2D eigenvalue weighted by Crippen LogP contribution is -2.39. The van der Waals surface area contributed by atoms with E-state index in [2.05, 4.69) is 10.0 Å². The van der Waals surface area contributed by atoms with Crippen molar-refractivity contribution in [1.82, 2.24) is 5.01 Å². The van der Waals surface area contributed by atoms with Crippen molar-refractivity contribution in [3.05, 3.63) is 46.3 Å². The summed E-state index contributed by atoms with van der Waals surface area (Å²) in [5.74, 6) is 5.78. The topological polar surface area (TPSA) is 104 Å². The Morgan fingerprint density at radius 2 is 2.20 bits per heavy atom. The molecule has 7 nitrogen and oxygen atoms in total. The minimum atomic E-state index is -0.565. The van der Waals surface area contributed by atoms with E-state index in [0.717, 1.165) is 10.6 Å². The Balaban J connectivity index is 2.27. The maximum atomic E-state index is 11.6. The van der Waals surface area contributed by atoms with Gasteiger partial charge in [0.25, 0.3) is 0 Å². The number of azide groups is 1. The van der Waals surface area contributed by atoms with Crippen LogP contribution in [0, 0.1) is 5.92 Å². The van der Waals surface area contributed by atoms with E-state index in [4.69, 9.17) is 16.1 Å². The molecule has 0 spiro atoms. The lowest BCUT2D eigenvalue weighted by molar-refractivity contribution is 0.0945. The van der Waals surface area contributed by atoms with E-state index in [1.54, 1.807) is 0 Å². The summed E-state index contributed by atoms with van der Waals surface area (Å²) in [5.41, 5.74) is 9.12. The first-order valence-corrected chi connectivity index (χ1v) is 6.37. The average Bonchev–Trinajstić information content (AvgIpc) is 2.49. The fourth-order valence-electron chi connectivity index (χ4n) is 1.52. The van der Waals surface area contributed by atoms with E-state index >= 15 is 0 Å². The molecule has 1 unspecified atom stereocenters. The number of rotatable bonds is 7. The Labute approximate surface area is 117 Å². The van der Waals surface area contributed by atoms with Gasteiger partial charge in [-0.25, -0.2) is 15.6 Å². The molecule has 20 heavy (non-hydrogen) atoms. The van der Waals surface area contributed by atoms with Crippen LogP contribution in [0.3, 0.4) is 0 Å². The molecule has 1 aromatic carbocycles. The predicted octanol–water partition coefficient (Wildman–Crippen LogP) is 2.84. The van der Waals surface area contributed by atoms with Gasteiger partial charge in [0.15, 0.2) is 0 Å². The zero-order chi connectivity index (χ0) is 14.8. The number of carbonyl (C=O) groups is 1. The van der Waals surface area contributed by atoms with Crippen molar-refractivity contribution < 1.29 is 9.53 Å². The summed E-state index contributed by atoms with van der Waals surface area (Å²) >= 11 is 0. The first kappa shape index (κ1) is 15.8. The normalized spacial score (nSPS) is 11.3. The van der Waals surface area contributed by atoms with Gasteiger partial charge in [-0.1, -0.05) is 42.4 Å². The number of carbonyl (C=O) groups excluding carboxylic acids is 1. The van der Waals surface area contributed by atoms with Crippen LogP contribution >= 0.6 is 0 Å². The lowest BCUT2D eigenvalue weighted by Gasteiger charge is -2.18. The van der Waals surface area contributed by atoms with E-state index in [0.29, 0.717) is 19.5 Å². The number of nitrogens with two attached hydrogens (primary N) is 1. The van der Waals surface area contributed by atoms with E-state index < -0.39 is 6.09 Å². The number of hydrazine groups is 1. The summed E-state index contributed by atoms with van der Waals surface area (Å²) in [4.78, 5) is 14.3. The van der Waals surface area contributed by atoms with Crippen molar-refractivity contribution in [3.8, 4) is 0 Å². The van der Waals surface area contributed by atoms with Gasteiger partial charge in [0.05, 0.1) is 0 Å². The van der Waals surface area contributed by atoms with Crippen LogP contribution in [0.2, 0.25) is 0 Å². The third-order valence-electron chi connectivity index (χ3n) is 2.76. The van der Waals surface area contributed by atoms with E-state index in [1.165, 1.54) is 0 Å².